The first-order valence-electron chi connectivity index (χ1n) is 5.91. The summed E-state index contributed by atoms with van der Waals surface area (Å²) >= 11 is 0. The Labute approximate surface area is 92.1 Å². The summed E-state index contributed by atoms with van der Waals surface area (Å²) < 4.78 is 0. The van der Waals surface area contributed by atoms with Gasteiger partial charge in [0.05, 0.1) is 0 Å². The molecule has 0 nitrogen and oxygen atoms in total. The molecule has 15 heavy (non-hydrogen) atoms. The molecule has 0 radical (unpaired) electrons. The van der Waals surface area contributed by atoms with Gasteiger partial charge in [0.2, 0.25) is 0 Å². The van der Waals surface area contributed by atoms with E-state index in [0.29, 0.717) is 17.3 Å². The van der Waals surface area contributed by atoms with Crippen molar-refractivity contribution in [3.8, 4) is 0 Å². The Balaban J connectivity index is 2.07. The van der Waals surface area contributed by atoms with Gasteiger partial charge in [-0.3, -0.25) is 0 Å². The molecule has 3 aliphatic carbocycles. The number of hydrogen-bond acceptors (Lipinski definition) is 0. The van der Waals surface area contributed by atoms with Crippen LogP contribution in [0.25, 0.3) is 0 Å². The first-order valence-corrected chi connectivity index (χ1v) is 5.91. The molecule has 1 fully saturated rings. The molecule has 0 N–H and O–H groups in total. The minimum Gasteiger partial charge on any atom is -0.0803 e. The topological polar surface area (TPSA) is 0 Å². The third-order valence-corrected chi connectivity index (χ3v) is 4.52. The molecular weight excluding hydrogens is 180 g/mol. The van der Waals surface area contributed by atoms with Crippen LogP contribution in [0.2, 0.25) is 0 Å². The second-order valence-electron chi connectivity index (χ2n) is 5.57. The zero-order chi connectivity index (χ0) is 10.5. The molecule has 0 saturated heterocycles. The normalized spacial score (nSPS) is 44.1. The summed E-state index contributed by atoms with van der Waals surface area (Å²) in [5, 5.41) is 0. The Morgan fingerprint density at radius 1 is 0.667 bits per heavy atom. The van der Waals surface area contributed by atoms with Crippen molar-refractivity contribution in [1.29, 1.82) is 0 Å². The van der Waals surface area contributed by atoms with E-state index in [9.17, 15) is 0 Å². The Morgan fingerprint density at radius 3 is 1.53 bits per heavy atom. The minimum absolute atomic E-state index is 0.401. The summed E-state index contributed by atoms with van der Waals surface area (Å²) in [5.41, 5.74) is 0.401. The van der Waals surface area contributed by atoms with Gasteiger partial charge in [-0.2, -0.15) is 0 Å². The van der Waals surface area contributed by atoms with Crippen LogP contribution in [-0.2, 0) is 0 Å². The van der Waals surface area contributed by atoms with Gasteiger partial charge < -0.3 is 0 Å². The van der Waals surface area contributed by atoms with Crippen LogP contribution in [0.5, 0.6) is 0 Å². The van der Waals surface area contributed by atoms with Gasteiger partial charge in [0.1, 0.15) is 0 Å². The summed E-state index contributed by atoms with van der Waals surface area (Å²) in [6.07, 6.45) is 18.5. The lowest BCUT2D eigenvalue weighted by Gasteiger charge is -2.32. The van der Waals surface area contributed by atoms with Crippen molar-refractivity contribution in [3.05, 3.63) is 48.6 Å². The monoisotopic (exact) mass is 198 g/mol. The van der Waals surface area contributed by atoms with E-state index < -0.39 is 0 Å². The molecule has 4 atom stereocenters. The second-order valence-corrected chi connectivity index (χ2v) is 5.57. The zero-order valence-electron chi connectivity index (χ0n) is 9.43. The molecule has 0 spiro atoms. The maximum absolute atomic E-state index is 2.42. The second kappa shape index (κ2) is 2.98. The standard InChI is InChI=1S/C15H18/c1-15(2)13-9-5-3-7-11(13)12-8-4-6-10-14(12)15/h3-14H,1-2H3. The van der Waals surface area contributed by atoms with Crippen LogP contribution in [-0.4, -0.2) is 0 Å². The van der Waals surface area contributed by atoms with Crippen molar-refractivity contribution in [1.82, 2.24) is 0 Å². The highest BCUT2D eigenvalue weighted by Gasteiger charge is 2.51. The average Bonchev–Trinajstić information content (AvgIpc) is 2.51. The fourth-order valence-electron chi connectivity index (χ4n) is 3.69. The van der Waals surface area contributed by atoms with E-state index in [1.165, 1.54) is 0 Å². The molecule has 0 bridgehead atoms. The fraction of sp³-hybridized carbons (Fsp3) is 0.467. The molecule has 3 rings (SSSR count). The van der Waals surface area contributed by atoms with Gasteiger partial charge in [-0.05, 0) is 29.1 Å². The predicted octanol–water partition coefficient (Wildman–Crippen LogP) is 3.74. The van der Waals surface area contributed by atoms with Crippen molar-refractivity contribution < 1.29 is 0 Å². The molecule has 1 saturated carbocycles. The highest BCUT2D eigenvalue weighted by atomic mass is 14.5. The van der Waals surface area contributed by atoms with E-state index in [0.717, 1.165) is 11.8 Å². The molecule has 0 heteroatoms. The summed E-state index contributed by atoms with van der Waals surface area (Å²) in [7, 11) is 0. The largest absolute Gasteiger partial charge is 0.0803 e. The third-order valence-electron chi connectivity index (χ3n) is 4.52. The molecule has 0 aromatic heterocycles. The van der Waals surface area contributed by atoms with Crippen molar-refractivity contribution in [2.75, 3.05) is 0 Å². The van der Waals surface area contributed by atoms with E-state index in [1.54, 1.807) is 0 Å². The first-order chi connectivity index (χ1) is 7.21. The summed E-state index contributed by atoms with van der Waals surface area (Å²) in [6, 6.07) is 0. The molecule has 0 aromatic rings. The number of allylic oxidation sites excluding steroid dienone is 8. The Kier molecular flexibility index (Phi) is 1.83. The Morgan fingerprint density at radius 2 is 1.07 bits per heavy atom. The van der Waals surface area contributed by atoms with E-state index in [2.05, 4.69) is 62.5 Å². The Bertz CT molecular complexity index is 343. The van der Waals surface area contributed by atoms with Crippen LogP contribution in [0.1, 0.15) is 13.8 Å². The molecule has 78 valence electrons. The summed E-state index contributed by atoms with van der Waals surface area (Å²) in [6.45, 7) is 4.84. The number of rotatable bonds is 0. The predicted molar refractivity (Wildman–Crippen MR) is 64.3 cm³/mol. The van der Waals surface area contributed by atoms with Gasteiger partial charge in [-0.1, -0.05) is 62.5 Å². The highest BCUT2D eigenvalue weighted by molar-refractivity contribution is 5.30. The quantitative estimate of drug-likeness (QED) is 0.556. The highest BCUT2D eigenvalue weighted by Crippen LogP contribution is 2.57. The molecule has 0 amide bonds. The van der Waals surface area contributed by atoms with Crippen molar-refractivity contribution >= 4 is 0 Å². The number of hydrogen-bond donors (Lipinski definition) is 0. The van der Waals surface area contributed by atoms with Crippen LogP contribution in [0.4, 0.5) is 0 Å². The molecule has 3 aliphatic rings. The van der Waals surface area contributed by atoms with Gasteiger partial charge in [0, 0.05) is 0 Å². The molecule has 0 heterocycles. The van der Waals surface area contributed by atoms with Crippen molar-refractivity contribution in [2.24, 2.45) is 29.1 Å². The van der Waals surface area contributed by atoms with E-state index in [4.69, 9.17) is 0 Å². The fourth-order valence-corrected chi connectivity index (χ4v) is 3.69. The Hall–Kier alpha value is -1.04. The molecule has 4 unspecified atom stereocenters. The lowest BCUT2D eigenvalue weighted by atomic mass is 9.72. The van der Waals surface area contributed by atoms with Crippen LogP contribution in [0, 0.1) is 29.1 Å². The van der Waals surface area contributed by atoms with E-state index in [-0.39, 0.29) is 0 Å². The van der Waals surface area contributed by atoms with Crippen molar-refractivity contribution in [3.63, 3.8) is 0 Å². The lowest BCUT2D eigenvalue weighted by molar-refractivity contribution is 0.238. The first kappa shape index (κ1) is 9.21. The van der Waals surface area contributed by atoms with Gasteiger partial charge in [-0.15, -0.1) is 0 Å². The van der Waals surface area contributed by atoms with E-state index >= 15 is 0 Å². The lowest BCUT2D eigenvalue weighted by Crippen LogP contribution is -2.25. The zero-order valence-corrected chi connectivity index (χ0v) is 9.43. The third kappa shape index (κ3) is 1.14. The maximum atomic E-state index is 2.42. The molecular formula is C15H18. The SMILES string of the molecule is CC1(C)C2C=CC=CC2C2C=CC=CC21. The average molecular weight is 198 g/mol. The number of fused-ring (bicyclic) bond motifs is 3. The van der Waals surface area contributed by atoms with E-state index in [1.807, 2.05) is 0 Å². The van der Waals surface area contributed by atoms with Gasteiger partial charge in [-0.25, -0.2) is 0 Å². The van der Waals surface area contributed by atoms with Crippen LogP contribution in [0.3, 0.4) is 0 Å². The van der Waals surface area contributed by atoms with Gasteiger partial charge in [0.25, 0.3) is 0 Å². The van der Waals surface area contributed by atoms with Gasteiger partial charge in [0.15, 0.2) is 0 Å². The van der Waals surface area contributed by atoms with Crippen LogP contribution in [0.15, 0.2) is 48.6 Å². The van der Waals surface area contributed by atoms with Gasteiger partial charge >= 0.3 is 0 Å². The van der Waals surface area contributed by atoms with Crippen molar-refractivity contribution in [2.45, 2.75) is 13.8 Å². The smallest absolute Gasteiger partial charge is 0.00930 e. The summed E-state index contributed by atoms with van der Waals surface area (Å²) in [4.78, 5) is 0. The maximum Gasteiger partial charge on any atom is -0.00930 e. The molecule has 0 aromatic carbocycles. The summed E-state index contributed by atoms with van der Waals surface area (Å²) in [5.74, 6) is 2.86. The van der Waals surface area contributed by atoms with Crippen LogP contribution < -0.4 is 0 Å². The van der Waals surface area contributed by atoms with Crippen LogP contribution >= 0.6 is 0 Å². The minimum atomic E-state index is 0.401. The molecule has 0 aliphatic heterocycles.